The van der Waals surface area contributed by atoms with Crippen LogP contribution in [0.5, 0.6) is 5.75 Å². The molecular formula is C16H17N3O2. The van der Waals surface area contributed by atoms with Gasteiger partial charge in [-0.1, -0.05) is 18.2 Å². The van der Waals surface area contributed by atoms with Crippen molar-refractivity contribution in [1.29, 1.82) is 0 Å². The van der Waals surface area contributed by atoms with Gasteiger partial charge in [0.05, 0.1) is 31.0 Å². The Bertz CT molecular complexity index is 657. The molecule has 5 heteroatoms. The van der Waals surface area contributed by atoms with Crippen LogP contribution in [0.1, 0.15) is 17.7 Å². The van der Waals surface area contributed by atoms with Gasteiger partial charge in [0.1, 0.15) is 5.75 Å². The summed E-state index contributed by atoms with van der Waals surface area (Å²) in [6.45, 7) is 1.22. The number of hydrogen-bond acceptors (Lipinski definition) is 4. The summed E-state index contributed by atoms with van der Waals surface area (Å²) >= 11 is 0. The van der Waals surface area contributed by atoms with Gasteiger partial charge in [0, 0.05) is 12.7 Å². The molecule has 2 N–H and O–H groups in total. The Kier molecular flexibility index (Phi) is 3.83. The molecule has 3 rings (SSSR count). The Morgan fingerprint density at radius 2 is 2.10 bits per heavy atom. The first-order chi connectivity index (χ1) is 10.3. The molecule has 0 radical (unpaired) electrons. The molecule has 1 aliphatic rings. The van der Waals surface area contributed by atoms with Gasteiger partial charge in [-0.05, 0) is 23.8 Å². The van der Waals surface area contributed by atoms with Gasteiger partial charge >= 0.3 is 0 Å². The van der Waals surface area contributed by atoms with Crippen molar-refractivity contribution >= 4 is 11.6 Å². The summed E-state index contributed by atoms with van der Waals surface area (Å²) in [5, 5.41) is 0. The highest BCUT2D eigenvalue weighted by atomic mass is 16.5. The van der Waals surface area contributed by atoms with Gasteiger partial charge in [-0.15, -0.1) is 0 Å². The number of aromatic nitrogens is 1. The van der Waals surface area contributed by atoms with Crippen molar-refractivity contribution in [3.8, 4) is 5.75 Å². The first-order valence-electron chi connectivity index (χ1n) is 6.94. The second-order valence-electron chi connectivity index (χ2n) is 4.86. The molecule has 1 aromatic carbocycles. The van der Waals surface area contributed by atoms with Crippen LogP contribution < -0.4 is 15.4 Å². The Hall–Kier alpha value is -2.40. The van der Waals surface area contributed by atoms with E-state index in [1.807, 2.05) is 36.4 Å². The van der Waals surface area contributed by atoms with Crippen molar-refractivity contribution in [1.82, 2.24) is 4.98 Å². The molecule has 0 fully saturated rings. The highest BCUT2D eigenvalue weighted by molar-refractivity contribution is 5.95. The second kappa shape index (κ2) is 5.93. The van der Waals surface area contributed by atoms with E-state index in [1.165, 1.54) is 0 Å². The van der Waals surface area contributed by atoms with Crippen molar-refractivity contribution < 1.29 is 9.53 Å². The normalized spacial score (nSPS) is 14.3. The van der Waals surface area contributed by atoms with E-state index < -0.39 is 0 Å². The van der Waals surface area contributed by atoms with Crippen molar-refractivity contribution in [2.45, 2.75) is 19.5 Å². The summed E-state index contributed by atoms with van der Waals surface area (Å²) in [4.78, 5) is 18.4. The van der Waals surface area contributed by atoms with Gasteiger partial charge in [0.15, 0.2) is 0 Å². The molecule has 1 aliphatic heterocycles. The quantitative estimate of drug-likeness (QED) is 0.933. The number of ether oxygens (including phenoxy) is 1. The summed E-state index contributed by atoms with van der Waals surface area (Å²) < 4.78 is 5.64. The smallest absolute Gasteiger partial charge is 0.230 e. The molecule has 0 saturated carbocycles. The molecule has 2 heterocycles. The summed E-state index contributed by atoms with van der Waals surface area (Å²) in [5.41, 5.74) is 8.30. The van der Waals surface area contributed by atoms with Crippen LogP contribution in [0.15, 0.2) is 42.6 Å². The van der Waals surface area contributed by atoms with E-state index in [-0.39, 0.29) is 5.91 Å². The first-order valence-corrected chi connectivity index (χ1v) is 6.94. The van der Waals surface area contributed by atoms with Crippen LogP contribution in [0, 0.1) is 0 Å². The van der Waals surface area contributed by atoms with Gasteiger partial charge in [0.25, 0.3) is 0 Å². The third-order valence-electron chi connectivity index (χ3n) is 3.54. The fourth-order valence-corrected chi connectivity index (χ4v) is 2.46. The average molecular weight is 283 g/mol. The highest BCUT2D eigenvalue weighted by Crippen LogP contribution is 2.32. The predicted molar refractivity (Wildman–Crippen MR) is 79.9 cm³/mol. The molecule has 1 amide bonds. The zero-order valence-corrected chi connectivity index (χ0v) is 11.7. The monoisotopic (exact) mass is 283 g/mol. The minimum absolute atomic E-state index is 0.0479. The third kappa shape index (κ3) is 2.73. The number of hydrogen-bond donors (Lipinski definition) is 1. The van der Waals surface area contributed by atoms with E-state index in [2.05, 4.69) is 4.98 Å². The number of anilines is 1. The number of benzene rings is 1. The summed E-state index contributed by atoms with van der Waals surface area (Å²) in [6.07, 6.45) is 2.08. The lowest BCUT2D eigenvalue weighted by molar-refractivity contribution is -0.118. The topological polar surface area (TPSA) is 68.5 Å². The van der Waals surface area contributed by atoms with E-state index in [0.717, 1.165) is 22.7 Å². The molecule has 0 bridgehead atoms. The van der Waals surface area contributed by atoms with E-state index in [9.17, 15) is 4.79 Å². The molecule has 0 unspecified atom stereocenters. The van der Waals surface area contributed by atoms with Crippen LogP contribution in [0.25, 0.3) is 0 Å². The van der Waals surface area contributed by atoms with E-state index in [0.29, 0.717) is 26.1 Å². The summed E-state index contributed by atoms with van der Waals surface area (Å²) in [5.74, 6) is 0.785. The molecule has 0 spiro atoms. The van der Waals surface area contributed by atoms with Gasteiger partial charge in [0.2, 0.25) is 5.91 Å². The fraction of sp³-hybridized carbons (Fsp3) is 0.250. The molecule has 2 aromatic rings. The number of pyridine rings is 1. The number of carbonyl (C=O) groups is 1. The van der Waals surface area contributed by atoms with Crippen LogP contribution in [-0.2, 0) is 17.9 Å². The number of fused-ring (bicyclic) bond motifs is 1. The molecule has 108 valence electrons. The predicted octanol–water partition coefficient (Wildman–Crippen LogP) is 1.86. The van der Waals surface area contributed by atoms with Crippen LogP contribution in [0.4, 0.5) is 5.69 Å². The standard InChI is InChI=1S/C16H17N3O2/c17-10-13-12(4-3-8-18-13)11-19-14-5-1-2-6-15(14)21-9-7-16(19)20/h1-6,8H,7,9-11,17H2. The van der Waals surface area contributed by atoms with E-state index in [1.54, 1.807) is 11.1 Å². The average Bonchev–Trinajstić information content (AvgIpc) is 2.68. The SMILES string of the molecule is NCc1ncccc1CN1C(=O)CCOc2ccccc21. The van der Waals surface area contributed by atoms with E-state index >= 15 is 0 Å². The maximum absolute atomic E-state index is 12.4. The minimum Gasteiger partial charge on any atom is -0.491 e. The minimum atomic E-state index is 0.0479. The van der Waals surface area contributed by atoms with Gasteiger partial charge in [-0.25, -0.2) is 0 Å². The molecule has 1 aromatic heterocycles. The molecule has 0 atom stereocenters. The Balaban J connectivity index is 1.98. The number of para-hydroxylation sites is 2. The molecule has 0 saturated heterocycles. The number of nitrogens with zero attached hydrogens (tertiary/aromatic N) is 2. The zero-order chi connectivity index (χ0) is 14.7. The Morgan fingerprint density at radius 1 is 1.24 bits per heavy atom. The van der Waals surface area contributed by atoms with Crippen molar-refractivity contribution in [3.63, 3.8) is 0 Å². The van der Waals surface area contributed by atoms with Gasteiger partial charge in [-0.2, -0.15) is 0 Å². The lowest BCUT2D eigenvalue weighted by Gasteiger charge is -2.22. The van der Waals surface area contributed by atoms with Gasteiger partial charge < -0.3 is 15.4 Å². The van der Waals surface area contributed by atoms with Crippen LogP contribution >= 0.6 is 0 Å². The van der Waals surface area contributed by atoms with Crippen LogP contribution in [0.3, 0.4) is 0 Å². The number of nitrogens with two attached hydrogens (primary N) is 1. The lowest BCUT2D eigenvalue weighted by atomic mass is 10.1. The number of rotatable bonds is 3. The van der Waals surface area contributed by atoms with Crippen molar-refractivity contribution in [2.24, 2.45) is 5.73 Å². The summed E-state index contributed by atoms with van der Waals surface area (Å²) in [6, 6.07) is 11.4. The Morgan fingerprint density at radius 3 is 2.95 bits per heavy atom. The maximum atomic E-state index is 12.4. The number of carbonyl (C=O) groups excluding carboxylic acids is 1. The van der Waals surface area contributed by atoms with Crippen LogP contribution in [-0.4, -0.2) is 17.5 Å². The fourth-order valence-electron chi connectivity index (χ4n) is 2.46. The molecule has 5 nitrogen and oxygen atoms in total. The first kappa shape index (κ1) is 13.6. The molecular weight excluding hydrogens is 266 g/mol. The van der Waals surface area contributed by atoms with Crippen molar-refractivity contribution in [2.75, 3.05) is 11.5 Å². The zero-order valence-electron chi connectivity index (χ0n) is 11.7. The van der Waals surface area contributed by atoms with Crippen molar-refractivity contribution in [3.05, 3.63) is 53.9 Å². The number of amides is 1. The lowest BCUT2D eigenvalue weighted by Crippen LogP contribution is -2.30. The van der Waals surface area contributed by atoms with Gasteiger partial charge in [-0.3, -0.25) is 9.78 Å². The molecule has 21 heavy (non-hydrogen) atoms. The summed E-state index contributed by atoms with van der Waals surface area (Å²) in [7, 11) is 0. The third-order valence-corrected chi connectivity index (χ3v) is 3.54. The maximum Gasteiger partial charge on any atom is 0.230 e. The Labute approximate surface area is 123 Å². The second-order valence-corrected chi connectivity index (χ2v) is 4.86. The largest absolute Gasteiger partial charge is 0.491 e. The van der Waals surface area contributed by atoms with E-state index in [4.69, 9.17) is 10.5 Å². The highest BCUT2D eigenvalue weighted by Gasteiger charge is 2.23. The molecule has 0 aliphatic carbocycles. The van der Waals surface area contributed by atoms with Crippen LogP contribution in [0.2, 0.25) is 0 Å².